The molecule has 21 heavy (non-hydrogen) atoms. The number of halogens is 1. The van der Waals surface area contributed by atoms with Gasteiger partial charge in [-0.2, -0.15) is 0 Å². The van der Waals surface area contributed by atoms with Crippen molar-refractivity contribution < 1.29 is 19.0 Å². The monoisotopic (exact) mass is 315 g/mol. The summed E-state index contributed by atoms with van der Waals surface area (Å²) in [6.45, 7) is 2.61. The Bertz CT molecular complexity index is 454. The highest BCUT2D eigenvalue weighted by Crippen LogP contribution is 2.38. The Morgan fingerprint density at radius 2 is 1.76 bits per heavy atom. The Morgan fingerprint density at radius 1 is 1.19 bits per heavy atom. The molecule has 0 aliphatic carbocycles. The zero-order valence-electron chi connectivity index (χ0n) is 12.9. The number of hydrogen-bond donors (Lipinski definition) is 1. The van der Waals surface area contributed by atoms with Crippen LogP contribution in [0.2, 0.25) is 0 Å². The van der Waals surface area contributed by atoms with Gasteiger partial charge >= 0.3 is 0 Å². The van der Waals surface area contributed by atoms with Gasteiger partial charge in [-0.05, 0) is 24.5 Å². The van der Waals surface area contributed by atoms with Gasteiger partial charge in [0.15, 0.2) is 11.5 Å². The predicted octanol–water partition coefficient (Wildman–Crippen LogP) is 2.71. The van der Waals surface area contributed by atoms with Gasteiger partial charge in [-0.3, -0.25) is 4.79 Å². The summed E-state index contributed by atoms with van der Waals surface area (Å²) in [5.41, 5.74) is 0.461. The Hall–Kier alpha value is -1.62. The third-order valence-electron chi connectivity index (χ3n) is 3.14. The van der Waals surface area contributed by atoms with Crippen molar-refractivity contribution in [3.8, 4) is 17.2 Å². The first-order valence-corrected chi connectivity index (χ1v) is 7.25. The van der Waals surface area contributed by atoms with Crippen LogP contribution in [0.5, 0.6) is 17.2 Å². The lowest BCUT2D eigenvalue weighted by Crippen LogP contribution is -2.28. The number of carbonyl (C=O) groups excluding carboxylic acids is 1. The highest BCUT2D eigenvalue weighted by atomic mass is 35.5. The number of methoxy groups -OCH3 is 3. The molecular formula is C15H22ClNO4. The second-order valence-electron chi connectivity index (χ2n) is 4.71. The predicted molar refractivity (Wildman–Crippen MR) is 82.9 cm³/mol. The van der Waals surface area contributed by atoms with Gasteiger partial charge in [-0.15, -0.1) is 11.6 Å². The van der Waals surface area contributed by atoms with Gasteiger partial charge in [0.05, 0.1) is 21.3 Å². The molecule has 0 saturated heterocycles. The van der Waals surface area contributed by atoms with Gasteiger partial charge in [-0.25, -0.2) is 0 Å². The van der Waals surface area contributed by atoms with Crippen LogP contribution in [0, 0.1) is 5.92 Å². The van der Waals surface area contributed by atoms with Gasteiger partial charge in [0.2, 0.25) is 5.75 Å². The molecule has 1 N–H and O–H groups in total. The lowest BCUT2D eigenvalue weighted by molar-refractivity contribution is 0.0947. The van der Waals surface area contributed by atoms with E-state index in [1.807, 2.05) is 6.92 Å². The van der Waals surface area contributed by atoms with Crippen molar-refractivity contribution in [2.75, 3.05) is 33.8 Å². The molecule has 0 spiro atoms. The zero-order valence-corrected chi connectivity index (χ0v) is 13.6. The molecule has 0 fully saturated rings. The summed E-state index contributed by atoms with van der Waals surface area (Å²) in [6.07, 6.45) is 0.858. The van der Waals surface area contributed by atoms with Gasteiger partial charge in [0, 0.05) is 18.0 Å². The molecule has 1 rings (SSSR count). The standard InChI is InChI=1S/C15H22ClNO4/c1-10(5-6-16)9-17-15(18)11-7-12(19-2)14(21-4)13(8-11)20-3/h7-8,10H,5-6,9H2,1-4H3,(H,17,18). The van der Waals surface area contributed by atoms with Crippen molar-refractivity contribution in [3.05, 3.63) is 17.7 Å². The van der Waals surface area contributed by atoms with E-state index in [-0.39, 0.29) is 5.91 Å². The number of amides is 1. The zero-order chi connectivity index (χ0) is 15.8. The molecule has 0 bridgehead atoms. The highest BCUT2D eigenvalue weighted by molar-refractivity contribution is 6.17. The van der Waals surface area contributed by atoms with E-state index < -0.39 is 0 Å². The fraction of sp³-hybridized carbons (Fsp3) is 0.533. The quantitative estimate of drug-likeness (QED) is 0.749. The van der Waals surface area contributed by atoms with Gasteiger partial charge in [-0.1, -0.05) is 6.92 Å². The number of rotatable bonds is 8. The lowest BCUT2D eigenvalue weighted by atomic mass is 10.1. The molecule has 1 aromatic rings. The maximum Gasteiger partial charge on any atom is 0.251 e. The summed E-state index contributed by atoms with van der Waals surface area (Å²) < 4.78 is 15.7. The Kier molecular flexibility index (Phi) is 7.15. The van der Waals surface area contributed by atoms with E-state index in [2.05, 4.69) is 5.32 Å². The minimum atomic E-state index is -0.185. The molecule has 0 radical (unpaired) electrons. The van der Waals surface area contributed by atoms with E-state index in [1.54, 1.807) is 12.1 Å². The van der Waals surface area contributed by atoms with Crippen LogP contribution in [0.1, 0.15) is 23.7 Å². The van der Waals surface area contributed by atoms with Crippen LogP contribution in [-0.4, -0.2) is 39.7 Å². The third-order valence-corrected chi connectivity index (χ3v) is 3.36. The second kappa shape index (κ2) is 8.62. The molecule has 118 valence electrons. The van der Waals surface area contributed by atoms with Crippen molar-refractivity contribution in [3.63, 3.8) is 0 Å². The fourth-order valence-electron chi connectivity index (χ4n) is 1.87. The first-order valence-electron chi connectivity index (χ1n) is 6.71. The van der Waals surface area contributed by atoms with Gasteiger partial charge < -0.3 is 19.5 Å². The molecule has 1 unspecified atom stereocenters. The summed E-state index contributed by atoms with van der Waals surface area (Å²) in [5, 5.41) is 2.87. The molecular weight excluding hydrogens is 294 g/mol. The fourth-order valence-corrected chi connectivity index (χ4v) is 2.24. The Morgan fingerprint density at radius 3 is 2.19 bits per heavy atom. The maximum atomic E-state index is 12.2. The number of alkyl halides is 1. The van der Waals surface area contributed by atoms with Crippen LogP contribution in [-0.2, 0) is 0 Å². The van der Waals surface area contributed by atoms with Crippen molar-refractivity contribution in [2.45, 2.75) is 13.3 Å². The van der Waals surface area contributed by atoms with Crippen LogP contribution < -0.4 is 19.5 Å². The Labute approximate surface area is 130 Å². The number of benzene rings is 1. The van der Waals surface area contributed by atoms with E-state index in [0.717, 1.165) is 6.42 Å². The molecule has 0 saturated carbocycles. The van der Waals surface area contributed by atoms with Crippen molar-refractivity contribution in [1.29, 1.82) is 0 Å². The number of hydrogen-bond acceptors (Lipinski definition) is 4. The third kappa shape index (κ3) is 4.70. The average Bonchev–Trinajstić information content (AvgIpc) is 2.51. The first kappa shape index (κ1) is 17.4. The summed E-state index contributed by atoms with van der Waals surface area (Å²) in [7, 11) is 4.55. The molecule has 0 aromatic heterocycles. The van der Waals surface area contributed by atoms with Crippen molar-refractivity contribution >= 4 is 17.5 Å². The smallest absolute Gasteiger partial charge is 0.251 e. The summed E-state index contributed by atoms with van der Waals surface area (Å²) in [6, 6.07) is 3.26. The lowest BCUT2D eigenvalue weighted by Gasteiger charge is -2.15. The van der Waals surface area contributed by atoms with E-state index >= 15 is 0 Å². The summed E-state index contributed by atoms with van der Waals surface area (Å²) in [4.78, 5) is 12.2. The van der Waals surface area contributed by atoms with Crippen LogP contribution in [0.4, 0.5) is 0 Å². The largest absolute Gasteiger partial charge is 0.493 e. The van der Waals surface area contributed by atoms with Crippen LogP contribution in [0.15, 0.2) is 12.1 Å². The molecule has 0 aliphatic heterocycles. The topological polar surface area (TPSA) is 56.8 Å². The van der Waals surface area contributed by atoms with E-state index in [0.29, 0.717) is 41.2 Å². The highest BCUT2D eigenvalue weighted by Gasteiger charge is 2.17. The maximum absolute atomic E-state index is 12.2. The molecule has 5 nitrogen and oxygen atoms in total. The average molecular weight is 316 g/mol. The molecule has 0 heterocycles. The van der Waals surface area contributed by atoms with Crippen LogP contribution in [0.25, 0.3) is 0 Å². The minimum absolute atomic E-state index is 0.185. The second-order valence-corrected chi connectivity index (χ2v) is 5.08. The van der Waals surface area contributed by atoms with E-state index in [9.17, 15) is 4.79 Å². The molecule has 1 aromatic carbocycles. The SMILES string of the molecule is COc1cc(C(=O)NCC(C)CCCl)cc(OC)c1OC. The van der Waals surface area contributed by atoms with Crippen molar-refractivity contribution in [2.24, 2.45) is 5.92 Å². The van der Waals surface area contributed by atoms with E-state index in [1.165, 1.54) is 21.3 Å². The minimum Gasteiger partial charge on any atom is -0.493 e. The normalized spacial score (nSPS) is 11.7. The molecule has 1 atom stereocenters. The Balaban J connectivity index is 2.89. The van der Waals surface area contributed by atoms with Crippen LogP contribution in [0.3, 0.4) is 0 Å². The molecule has 6 heteroatoms. The summed E-state index contributed by atoms with van der Waals surface area (Å²) in [5.74, 6) is 2.10. The van der Waals surface area contributed by atoms with Crippen molar-refractivity contribution in [1.82, 2.24) is 5.32 Å². The number of carbonyl (C=O) groups is 1. The van der Waals surface area contributed by atoms with E-state index in [4.69, 9.17) is 25.8 Å². The number of ether oxygens (including phenoxy) is 3. The molecule has 0 aliphatic rings. The van der Waals surface area contributed by atoms with Crippen LogP contribution >= 0.6 is 11.6 Å². The molecule has 1 amide bonds. The van der Waals surface area contributed by atoms with Gasteiger partial charge in [0.1, 0.15) is 0 Å². The van der Waals surface area contributed by atoms with Gasteiger partial charge in [0.25, 0.3) is 5.91 Å². The summed E-state index contributed by atoms with van der Waals surface area (Å²) >= 11 is 5.68. The first-order chi connectivity index (χ1) is 10.1. The number of nitrogens with one attached hydrogen (secondary N) is 1.